The second kappa shape index (κ2) is 7.79. The van der Waals surface area contributed by atoms with Gasteiger partial charge in [-0.2, -0.15) is 0 Å². The van der Waals surface area contributed by atoms with Gasteiger partial charge in [-0.05, 0) is 56.0 Å². The SMILES string of the molecule is CC(C)(C)COCC1CCN(CC2CCCCC2)CC1. The number of ether oxygens (including phenoxy) is 1. The maximum Gasteiger partial charge on any atom is 0.0514 e. The molecule has 0 N–H and O–H groups in total. The van der Waals surface area contributed by atoms with Crippen molar-refractivity contribution in [2.45, 2.75) is 65.7 Å². The summed E-state index contributed by atoms with van der Waals surface area (Å²) in [5.74, 6) is 1.80. The first kappa shape index (κ1) is 16.3. The highest BCUT2D eigenvalue weighted by Crippen LogP contribution is 2.26. The third kappa shape index (κ3) is 6.13. The van der Waals surface area contributed by atoms with Gasteiger partial charge >= 0.3 is 0 Å². The lowest BCUT2D eigenvalue weighted by Crippen LogP contribution is -2.38. The minimum absolute atomic E-state index is 0.307. The molecule has 2 heteroatoms. The lowest BCUT2D eigenvalue weighted by atomic mass is 9.88. The maximum atomic E-state index is 5.90. The molecule has 2 rings (SSSR count). The Labute approximate surface area is 126 Å². The van der Waals surface area contributed by atoms with Gasteiger partial charge in [-0.25, -0.2) is 0 Å². The summed E-state index contributed by atoms with van der Waals surface area (Å²) in [4.78, 5) is 2.72. The number of likely N-dealkylation sites (tertiary alicyclic amines) is 1. The zero-order valence-electron chi connectivity index (χ0n) is 14.0. The predicted molar refractivity (Wildman–Crippen MR) is 86.0 cm³/mol. The molecular formula is C18H35NO. The molecule has 1 aliphatic heterocycles. The normalized spacial score (nSPS) is 24.1. The van der Waals surface area contributed by atoms with Gasteiger partial charge in [-0.15, -0.1) is 0 Å². The van der Waals surface area contributed by atoms with Gasteiger partial charge in [0, 0.05) is 13.2 Å². The summed E-state index contributed by atoms with van der Waals surface area (Å²) in [7, 11) is 0. The second-order valence-corrected chi connectivity index (χ2v) is 8.32. The van der Waals surface area contributed by atoms with Gasteiger partial charge < -0.3 is 9.64 Å². The Hall–Kier alpha value is -0.0800. The van der Waals surface area contributed by atoms with Crippen LogP contribution in [-0.2, 0) is 4.74 Å². The molecule has 0 amide bonds. The topological polar surface area (TPSA) is 12.5 Å². The summed E-state index contributed by atoms with van der Waals surface area (Å²) >= 11 is 0. The average Bonchev–Trinajstić information content (AvgIpc) is 2.41. The van der Waals surface area contributed by atoms with Crippen LogP contribution < -0.4 is 0 Å². The van der Waals surface area contributed by atoms with Crippen LogP contribution in [0.25, 0.3) is 0 Å². The van der Waals surface area contributed by atoms with Crippen molar-refractivity contribution >= 4 is 0 Å². The van der Waals surface area contributed by atoms with Crippen LogP contribution in [-0.4, -0.2) is 37.7 Å². The molecule has 0 aromatic rings. The Morgan fingerprint density at radius 3 is 2.15 bits per heavy atom. The van der Waals surface area contributed by atoms with Gasteiger partial charge in [-0.1, -0.05) is 40.0 Å². The molecule has 118 valence electrons. The number of hydrogen-bond donors (Lipinski definition) is 0. The summed E-state index contributed by atoms with van der Waals surface area (Å²) < 4.78 is 5.90. The van der Waals surface area contributed by atoms with Crippen molar-refractivity contribution in [2.75, 3.05) is 32.8 Å². The first-order valence-corrected chi connectivity index (χ1v) is 8.83. The largest absolute Gasteiger partial charge is 0.381 e. The predicted octanol–water partition coefficient (Wildman–Crippen LogP) is 4.34. The molecule has 0 unspecified atom stereocenters. The van der Waals surface area contributed by atoms with Crippen LogP contribution in [0.5, 0.6) is 0 Å². The monoisotopic (exact) mass is 281 g/mol. The van der Waals surface area contributed by atoms with Crippen molar-refractivity contribution in [1.29, 1.82) is 0 Å². The molecule has 1 aliphatic carbocycles. The molecule has 0 bridgehead atoms. The Kier molecular flexibility index (Phi) is 6.35. The van der Waals surface area contributed by atoms with Crippen LogP contribution in [0.1, 0.15) is 65.7 Å². The minimum Gasteiger partial charge on any atom is -0.381 e. The van der Waals surface area contributed by atoms with E-state index < -0.39 is 0 Å². The molecular weight excluding hydrogens is 246 g/mol. The molecule has 20 heavy (non-hydrogen) atoms. The van der Waals surface area contributed by atoms with E-state index in [0.29, 0.717) is 5.41 Å². The van der Waals surface area contributed by atoms with Gasteiger partial charge in [0.15, 0.2) is 0 Å². The summed E-state index contributed by atoms with van der Waals surface area (Å²) in [6.07, 6.45) is 10.1. The van der Waals surface area contributed by atoms with Crippen molar-refractivity contribution in [2.24, 2.45) is 17.3 Å². The van der Waals surface area contributed by atoms with Crippen LogP contribution in [0.2, 0.25) is 0 Å². The van der Waals surface area contributed by atoms with Crippen LogP contribution in [0.15, 0.2) is 0 Å². The Bertz CT molecular complexity index is 257. The van der Waals surface area contributed by atoms with E-state index in [1.807, 2.05) is 0 Å². The zero-order chi connectivity index (χ0) is 14.4. The van der Waals surface area contributed by atoms with Crippen molar-refractivity contribution in [3.63, 3.8) is 0 Å². The van der Waals surface area contributed by atoms with E-state index in [-0.39, 0.29) is 0 Å². The molecule has 0 aromatic carbocycles. The van der Waals surface area contributed by atoms with Crippen molar-refractivity contribution in [3.05, 3.63) is 0 Å². The molecule has 0 radical (unpaired) electrons. The molecule has 0 atom stereocenters. The number of rotatable bonds is 5. The lowest BCUT2D eigenvalue weighted by Gasteiger charge is -2.35. The summed E-state index contributed by atoms with van der Waals surface area (Å²) in [6.45, 7) is 12.6. The standard InChI is InChI=1S/C18H35NO/c1-18(2,3)15-20-14-17-9-11-19(12-10-17)13-16-7-5-4-6-8-16/h16-17H,4-15H2,1-3H3. The fourth-order valence-corrected chi connectivity index (χ4v) is 3.60. The van der Waals surface area contributed by atoms with Crippen LogP contribution in [0.4, 0.5) is 0 Å². The average molecular weight is 281 g/mol. The Morgan fingerprint density at radius 2 is 1.55 bits per heavy atom. The molecule has 0 aromatic heterocycles. The highest BCUT2D eigenvalue weighted by Gasteiger charge is 2.23. The zero-order valence-corrected chi connectivity index (χ0v) is 14.0. The highest BCUT2D eigenvalue weighted by molar-refractivity contribution is 4.76. The van der Waals surface area contributed by atoms with Gasteiger partial charge in [0.25, 0.3) is 0 Å². The molecule has 1 saturated heterocycles. The van der Waals surface area contributed by atoms with Crippen LogP contribution in [0, 0.1) is 17.3 Å². The third-order valence-electron chi connectivity index (χ3n) is 4.84. The smallest absolute Gasteiger partial charge is 0.0514 e. The van der Waals surface area contributed by atoms with Crippen molar-refractivity contribution < 1.29 is 4.74 Å². The van der Waals surface area contributed by atoms with E-state index >= 15 is 0 Å². The van der Waals surface area contributed by atoms with Gasteiger partial charge in [0.2, 0.25) is 0 Å². The van der Waals surface area contributed by atoms with E-state index in [4.69, 9.17) is 4.74 Å². The van der Waals surface area contributed by atoms with E-state index in [9.17, 15) is 0 Å². The Morgan fingerprint density at radius 1 is 0.900 bits per heavy atom. The maximum absolute atomic E-state index is 5.90. The second-order valence-electron chi connectivity index (χ2n) is 8.32. The number of hydrogen-bond acceptors (Lipinski definition) is 2. The van der Waals surface area contributed by atoms with Gasteiger partial charge in [-0.3, -0.25) is 0 Å². The lowest BCUT2D eigenvalue weighted by molar-refractivity contribution is 0.0269. The summed E-state index contributed by atoms with van der Waals surface area (Å²) in [5.41, 5.74) is 0.307. The molecule has 0 spiro atoms. The first-order valence-electron chi connectivity index (χ1n) is 8.83. The molecule has 1 saturated carbocycles. The Balaban J connectivity index is 1.57. The van der Waals surface area contributed by atoms with Crippen LogP contribution >= 0.6 is 0 Å². The van der Waals surface area contributed by atoms with E-state index in [1.54, 1.807) is 0 Å². The fraction of sp³-hybridized carbons (Fsp3) is 1.00. The number of piperidine rings is 1. The van der Waals surface area contributed by atoms with E-state index in [0.717, 1.165) is 25.0 Å². The summed E-state index contributed by atoms with van der Waals surface area (Å²) in [6, 6.07) is 0. The number of nitrogens with zero attached hydrogens (tertiary/aromatic N) is 1. The quantitative estimate of drug-likeness (QED) is 0.743. The van der Waals surface area contributed by atoms with E-state index in [1.165, 1.54) is 64.6 Å². The van der Waals surface area contributed by atoms with Gasteiger partial charge in [0.1, 0.15) is 0 Å². The van der Waals surface area contributed by atoms with Crippen molar-refractivity contribution in [1.82, 2.24) is 4.90 Å². The fourth-order valence-electron chi connectivity index (χ4n) is 3.60. The molecule has 2 aliphatic rings. The van der Waals surface area contributed by atoms with Crippen LogP contribution in [0.3, 0.4) is 0 Å². The van der Waals surface area contributed by atoms with E-state index in [2.05, 4.69) is 25.7 Å². The van der Waals surface area contributed by atoms with Gasteiger partial charge in [0.05, 0.1) is 6.61 Å². The molecule has 2 fully saturated rings. The third-order valence-corrected chi connectivity index (χ3v) is 4.84. The summed E-state index contributed by atoms with van der Waals surface area (Å²) in [5, 5.41) is 0. The highest BCUT2D eigenvalue weighted by atomic mass is 16.5. The molecule has 2 nitrogen and oxygen atoms in total. The molecule has 1 heterocycles. The van der Waals surface area contributed by atoms with Crippen molar-refractivity contribution in [3.8, 4) is 0 Å². The minimum atomic E-state index is 0.307. The first-order chi connectivity index (χ1) is 9.53.